The molecule has 1 amide bonds. The molecule has 1 unspecified atom stereocenters. The summed E-state index contributed by atoms with van der Waals surface area (Å²) < 4.78 is 0. The smallest absolute Gasteiger partial charge is 0.259 e. The Morgan fingerprint density at radius 2 is 1.90 bits per heavy atom. The van der Waals surface area contributed by atoms with Gasteiger partial charge in [0, 0.05) is 10.6 Å². The molecule has 0 saturated heterocycles. The van der Waals surface area contributed by atoms with Crippen molar-refractivity contribution in [3.05, 3.63) is 55.9 Å². The number of H-pyrrole nitrogens is 1. The largest absolute Gasteiger partial charge is 0.325 e. The van der Waals surface area contributed by atoms with Gasteiger partial charge in [0.2, 0.25) is 5.91 Å². The predicted octanol–water partition coefficient (Wildman–Crippen LogP) is 4.99. The summed E-state index contributed by atoms with van der Waals surface area (Å²) in [4.78, 5) is 34.5. The molecular weight excluding hydrogens is 402 g/mol. The van der Waals surface area contributed by atoms with E-state index in [4.69, 9.17) is 0 Å². The summed E-state index contributed by atoms with van der Waals surface area (Å²) in [5, 5.41) is 3.53. The fourth-order valence-corrected chi connectivity index (χ4v) is 5.08. The van der Waals surface area contributed by atoms with E-state index >= 15 is 0 Å². The Kier molecular flexibility index (Phi) is 6.80. The number of aryl methyl sites for hydroxylation is 4. The number of carbonyl (C=O) groups excluding carboxylic acids is 1. The first-order valence-electron chi connectivity index (χ1n) is 9.87. The molecular formula is C22H27N3O2S2. The fraction of sp³-hybridized carbons (Fsp3) is 0.409. The second kappa shape index (κ2) is 9.13. The molecule has 0 saturated carbocycles. The third-order valence-corrected chi connectivity index (χ3v) is 7.43. The molecule has 2 aromatic heterocycles. The summed E-state index contributed by atoms with van der Waals surface area (Å²) in [6.45, 7) is 10.0. The Labute approximate surface area is 179 Å². The van der Waals surface area contributed by atoms with E-state index in [0.717, 1.165) is 44.9 Å². The summed E-state index contributed by atoms with van der Waals surface area (Å²) in [6.07, 6.45) is 1.74. The molecule has 5 nitrogen and oxygen atoms in total. The normalized spacial score (nSPS) is 12.3. The second-order valence-corrected chi connectivity index (χ2v) is 9.61. The third kappa shape index (κ3) is 4.56. The number of thiophene rings is 1. The van der Waals surface area contributed by atoms with E-state index in [2.05, 4.69) is 41.3 Å². The first kappa shape index (κ1) is 21.6. The lowest BCUT2D eigenvalue weighted by molar-refractivity contribution is -0.115. The van der Waals surface area contributed by atoms with Crippen molar-refractivity contribution in [2.24, 2.45) is 0 Å². The molecule has 0 radical (unpaired) electrons. The minimum absolute atomic E-state index is 0.0307. The van der Waals surface area contributed by atoms with Gasteiger partial charge in [0.1, 0.15) is 10.7 Å². The lowest BCUT2D eigenvalue weighted by Gasteiger charge is -2.17. The summed E-state index contributed by atoms with van der Waals surface area (Å²) in [5.41, 5.74) is 4.12. The first-order chi connectivity index (χ1) is 13.8. The van der Waals surface area contributed by atoms with Crippen LogP contribution in [0.3, 0.4) is 0 Å². The van der Waals surface area contributed by atoms with Gasteiger partial charge in [-0.1, -0.05) is 32.0 Å². The van der Waals surface area contributed by atoms with E-state index in [0.29, 0.717) is 17.0 Å². The maximum atomic E-state index is 12.8. The SMILES string of the molecule is CCc1cccc(CC)c1NC(=O)C(C)SCc1nc2sc(C)c(C)c2c(=O)[nH]1. The standard InChI is InChI=1S/C22H27N3O2S2/c1-6-15-9-8-10-16(7-2)19(15)25-20(26)14(5)28-11-17-23-21(27)18-12(3)13(4)29-22(18)24-17/h8-10,14H,6-7,11H2,1-5H3,(H,25,26)(H,23,24,27). The van der Waals surface area contributed by atoms with Crippen molar-refractivity contribution >= 4 is 44.9 Å². The number of fused-ring (bicyclic) bond motifs is 1. The number of nitrogens with one attached hydrogen (secondary N) is 2. The molecule has 7 heteroatoms. The fourth-order valence-electron chi connectivity index (χ4n) is 3.28. The van der Waals surface area contributed by atoms with Gasteiger partial charge < -0.3 is 10.3 Å². The zero-order valence-corrected chi connectivity index (χ0v) is 19.1. The molecule has 0 spiro atoms. The number of anilines is 1. The highest BCUT2D eigenvalue weighted by Crippen LogP contribution is 2.27. The van der Waals surface area contributed by atoms with E-state index in [1.165, 1.54) is 23.1 Å². The van der Waals surface area contributed by atoms with Gasteiger partial charge in [-0.15, -0.1) is 23.1 Å². The zero-order chi connectivity index (χ0) is 21.1. The molecule has 2 heterocycles. The van der Waals surface area contributed by atoms with Crippen LogP contribution in [0.5, 0.6) is 0 Å². The number of rotatable bonds is 7. The number of para-hydroxylation sites is 1. The van der Waals surface area contributed by atoms with Crippen molar-refractivity contribution in [3.8, 4) is 0 Å². The van der Waals surface area contributed by atoms with Gasteiger partial charge in [-0.2, -0.15) is 0 Å². The summed E-state index contributed by atoms with van der Waals surface area (Å²) in [6, 6.07) is 6.15. The van der Waals surface area contributed by atoms with Crippen LogP contribution in [0.4, 0.5) is 5.69 Å². The van der Waals surface area contributed by atoms with E-state index in [1.807, 2.05) is 26.8 Å². The van der Waals surface area contributed by atoms with Crippen LogP contribution in [0.1, 0.15) is 48.2 Å². The maximum absolute atomic E-state index is 12.8. The Hall–Kier alpha value is -2.12. The number of carbonyl (C=O) groups is 1. The molecule has 0 aliphatic carbocycles. The van der Waals surface area contributed by atoms with Gasteiger partial charge in [-0.25, -0.2) is 4.98 Å². The monoisotopic (exact) mass is 429 g/mol. The number of benzene rings is 1. The zero-order valence-electron chi connectivity index (χ0n) is 17.5. The van der Waals surface area contributed by atoms with Crippen molar-refractivity contribution in [1.29, 1.82) is 0 Å². The second-order valence-electron chi connectivity index (χ2n) is 7.08. The molecule has 29 heavy (non-hydrogen) atoms. The number of nitrogens with zero attached hydrogens (tertiary/aromatic N) is 1. The molecule has 2 N–H and O–H groups in total. The first-order valence-corrected chi connectivity index (χ1v) is 11.7. The van der Waals surface area contributed by atoms with Gasteiger partial charge in [-0.3, -0.25) is 9.59 Å². The number of hydrogen-bond acceptors (Lipinski definition) is 5. The van der Waals surface area contributed by atoms with E-state index < -0.39 is 0 Å². The quantitative estimate of drug-likeness (QED) is 0.555. The van der Waals surface area contributed by atoms with Crippen LogP contribution in [0, 0.1) is 13.8 Å². The Bertz CT molecular complexity index is 1080. The Morgan fingerprint density at radius 3 is 2.52 bits per heavy atom. The minimum Gasteiger partial charge on any atom is -0.325 e. The van der Waals surface area contributed by atoms with E-state index in [9.17, 15) is 9.59 Å². The Balaban J connectivity index is 1.71. The number of aromatic nitrogens is 2. The highest BCUT2D eigenvalue weighted by molar-refractivity contribution is 7.99. The van der Waals surface area contributed by atoms with Crippen LogP contribution < -0.4 is 10.9 Å². The molecule has 0 aliphatic heterocycles. The summed E-state index contributed by atoms with van der Waals surface area (Å²) in [5.74, 6) is 1.06. The van der Waals surface area contributed by atoms with E-state index in [-0.39, 0.29) is 16.7 Å². The number of hydrogen-bond donors (Lipinski definition) is 2. The predicted molar refractivity (Wildman–Crippen MR) is 124 cm³/mol. The molecule has 3 aromatic rings. The highest BCUT2D eigenvalue weighted by Gasteiger charge is 2.18. The lowest BCUT2D eigenvalue weighted by Crippen LogP contribution is -2.24. The minimum atomic E-state index is -0.266. The maximum Gasteiger partial charge on any atom is 0.259 e. The highest BCUT2D eigenvalue weighted by atomic mass is 32.2. The molecule has 0 bridgehead atoms. The number of aromatic amines is 1. The lowest BCUT2D eigenvalue weighted by atomic mass is 10.0. The van der Waals surface area contributed by atoms with Crippen LogP contribution >= 0.6 is 23.1 Å². The van der Waals surface area contributed by atoms with Crippen molar-refractivity contribution < 1.29 is 4.79 Å². The van der Waals surface area contributed by atoms with Crippen LogP contribution in [0.25, 0.3) is 10.2 Å². The Morgan fingerprint density at radius 1 is 1.24 bits per heavy atom. The van der Waals surface area contributed by atoms with Gasteiger partial charge in [0.25, 0.3) is 5.56 Å². The average molecular weight is 430 g/mol. The van der Waals surface area contributed by atoms with Crippen molar-refractivity contribution in [2.75, 3.05) is 5.32 Å². The molecule has 1 atom stereocenters. The van der Waals surface area contributed by atoms with Crippen molar-refractivity contribution in [1.82, 2.24) is 9.97 Å². The van der Waals surface area contributed by atoms with Gasteiger partial charge in [-0.05, 0) is 50.3 Å². The van der Waals surface area contributed by atoms with Crippen LogP contribution in [-0.2, 0) is 23.4 Å². The summed E-state index contributed by atoms with van der Waals surface area (Å²) >= 11 is 3.01. The average Bonchev–Trinajstić information content (AvgIpc) is 3.00. The topological polar surface area (TPSA) is 74.8 Å². The molecule has 1 aromatic carbocycles. The number of amides is 1. The van der Waals surface area contributed by atoms with Crippen LogP contribution in [0.2, 0.25) is 0 Å². The third-order valence-electron chi connectivity index (χ3n) is 5.17. The van der Waals surface area contributed by atoms with Gasteiger partial charge in [0.15, 0.2) is 0 Å². The molecule has 3 rings (SSSR count). The van der Waals surface area contributed by atoms with Crippen molar-refractivity contribution in [2.45, 2.75) is 58.5 Å². The summed E-state index contributed by atoms with van der Waals surface area (Å²) in [7, 11) is 0. The van der Waals surface area contributed by atoms with Gasteiger partial charge >= 0.3 is 0 Å². The van der Waals surface area contributed by atoms with Crippen molar-refractivity contribution in [3.63, 3.8) is 0 Å². The molecule has 0 aliphatic rings. The molecule has 154 valence electrons. The number of thioether (sulfide) groups is 1. The van der Waals surface area contributed by atoms with Crippen LogP contribution in [-0.4, -0.2) is 21.1 Å². The van der Waals surface area contributed by atoms with Gasteiger partial charge in [0.05, 0.1) is 16.4 Å². The molecule has 0 fully saturated rings. The van der Waals surface area contributed by atoms with E-state index in [1.54, 1.807) is 0 Å². The van der Waals surface area contributed by atoms with Crippen LogP contribution in [0.15, 0.2) is 23.0 Å².